The number of hydrogen-bond donors (Lipinski definition) is 0. The molecule has 4 heteroatoms. The van der Waals surface area contributed by atoms with Gasteiger partial charge in [0, 0.05) is 5.56 Å². The van der Waals surface area contributed by atoms with E-state index in [1.807, 2.05) is 30.3 Å². The van der Waals surface area contributed by atoms with E-state index in [0.717, 1.165) is 30.5 Å². The highest BCUT2D eigenvalue weighted by Crippen LogP contribution is 2.26. The number of hydrogen-bond acceptors (Lipinski definition) is 4. The quantitative estimate of drug-likeness (QED) is 0.856. The highest BCUT2D eigenvalue weighted by molar-refractivity contribution is 5.53. The van der Waals surface area contributed by atoms with Crippen molar-refractivity contribution in [1.82, 2.24) is 15.0 Å². The molecule has 0 radical (unpaired) electrons. The van der Waals surface area contributed by atoms with Gasteiger partial charge in [0.05, 0.1) is 6.04 Å². The van der Waals surface area contributed by atoms with Crippen LogP contribution in [0.15, 0.2) is 34.9 Å². The zero-order valence-corrected chi connectivity index (χ0v) is 12.1. The predicted octanol–water partition coefficient (Wildman–Crippen LogP) is 3.53. The second-order valence-corrected chi connectivity index (χ2v) is 5.72. The number of likely N-dealkylation sites (tertiary alicyclic amines) is 1. The molecular weight excluding hydrogens is 250 g/mol. The van der Waals surface area contributed by atoms with Crippen LogP contribution < -0.4 is 0 Å². The van der Waals surface area contributed by atoms with E-state index in [0.29, 0.717) is 5.82 Å². The van der Waals surface area contributed by atoms with E-state index in [2.05, 4.69) is 28.9 Å². The van der Waals surface area contributed by atoms with Crippen LogP contribution in [0, 0.1) is 5.92 Å². The summed E-state index contributed by atoms with van der Waals surface area (Å²) in [6.07, 6.45) is 2.51. The van der Waals surface area contributed by atoms with Gasteiger partial charge in [-0.25, -0.2) is 0 Å². The fourth-order valence-electron chi connectivity index (χ4n) is 2.68. The third kappa shape index (κ3) is 2.75. The summed E-state index contributed by atoms with van der Waals surface area (Å²) in [6.45, 7) is 6.71. The standard InChI is InChI=1S/C16H21N3O/c1-12-8-10-19(11-9-12)13(2)16-17-15(18-20-16)14-6-4-3-5-7-14/h3-7,12-13H,8-11H2,1-2H3. The van der Waals surface area contributed by atoms with Crippen LogP contribution in [0.25, 0.3) is 11.4 Å². The first-order valence-electron chi connectivity index (χ1n) is 7.37. The molecule has 0 amide bonds. The van der Waals surface area contributed by atoms with Crippen molar-refractivity contribution in [3.8, 4) is 11.4 Å². The SMILES string of the molecule is CC1CCN(C(C)c2nc(-c3ccccc3)no2)CC1. The van der Waals surface area contributed by atoms with Crippen LogP contribution in [0.3, 0.4) is 0 Å². The van der Waals surface area contributed by atoms with Gasteiger partial charge in [0.1, 0.15) is 0 Å². The minimum absolute atomic E-state index is 0.201. The fourth-order valence-corrected chi connectivity index (χ4v) is 2.68. The lowest BCUT2D eigenvalue weighted by atomic mass is 9.98. The highest BCUT2D eigenvalue weighted by atomic mass is 16.5. The Morgan fingerprint density at radius 3 is 2.60 bits per heavy atom. The predicted molar refractivity (Wildman–Crippen MR) is 78.1 cm³/mol. The van der Waals surface area contributed by atoms with E-state index < -0.39 is 0 Å². The van der Waals surface area contributed by atoms with Gasteiger partial charge in [0.25, 0.3) is 0 Å². The van der Waals surface area contributed by atoms with Crippen LogP contribution in [0.5, 0.6) is 0 Å². The van der Waals surface area contributed by atoms with Crippen molar-refractivity contribution < 1.29 is 4.52 Å². The normalized spacial score (nSPS) is 19.1. The highest BCUT2D eigenvalue weighted by Gasteiger charge is 2.25. The van der Waals surface area contributed by atoms with Gasteiger partial charge in [-0.2, -0.15) is 4.98 Å². The Labute approximate surface area is 119 Å². The summed E-state index contributed by atoms with van der Waals surface area (Å²) < 4.78 is 5.46. The molecule has 1 saturated heterocycles. The summed E-state index contributed by atoms with van der Waals surface area (Å²) in [4.78, 5) is 6.99. The number of aromatic nitrogens is 2. The molecule has 1 unspecified atom stereocenters. The average Bonchev–Trinajstić information content (AvgIpc) is 2.98. The number of benzene rings is 1. The maximum absolute atomic E-state index is 5.46. The second kappa shape index (κ2) is 5.75. The van der Waals surface area contributed by atoms with Gasteiger partial charge in [0.2, 0.25) is 11.7 Å². The van der Waals surface area contributed by atoms with E-state index in [-0.39, 0.29) is 6.04 Å². The summed E-state index contributed by atoms with van der Waals surface area (Å²) >= 11 is 0. The topological polar surface area (TPSA) is 42.2 Å². The average molecular weight is 271 g/mol. The Hall–Kier alpha value is -1.68. The van der Waals surface area contributed by atoms with Crippen LogP contribution in [-0.2, 0) is 0 Å². The van der Waals surface area contributed by atoms with Crippen LogP contribution in [-0.4, -0.2) is 28.1 Å². The van der Waals surface area contributed by atoms with E-state index >= 15 is 0 Å². The first-order chi connectivity index (χ1) is 9.74. The largest absolute Gasteiger partial charge is 0.337 e. The van der Waals surface area contributed by atoms with E-state index in [4.69, 9.17) is 4.52 Å². The summed E-state index contributed by atoms with van der Waals surface area (Å²) in [6, 6.07) is 10.2. The molecule has 4 nitrogen and oxygen atoms in total. The van der Waals surface area contributed by atoms with Crippen molar-refractivity contribution in [2.75, 3.05) is 13.1 Å². The maximum atomic E-state index is 5.46. The summed E-state index contributed by atoms with van der Waals surface area (Å²) in [5, 5.41) is 4.10. The summed E-state index contributed by atoms with van der Waals surface area (Å²) in [5.74, 6) is 2.23. The molecule has 0 spiro atoms. The first kappa shape index (κ1) is 13.3. The number of piperidine rings is 1. The molecule has 3 rings (SSSR count). The lowest BCUT2D eigenvalue weighted by Crippen LogP contribution is -2.35. The van der Waals surface area contributed by atoms with Gasteiger partial charge in [-0.15, -0.1) is 0 Å². The first-order valence-corrected chi connectivity index (χ1v) is 7.37. The molecule has 1 aliphatic heterocycles. The molecule has 1 fully saturated rings. The van der Waals surface area contributed by atoms with Crippen molar-refractivity contribution in [1.29, 1.82) is 0 Å². The molecular formula is C16H21N3O. The van der Waals surface area contributed by atoms with Crippen molar-refractivity contribution >= 4 is 0 Å². The molecule has 1 aliphatic rings. The zero-order chi connectivity index (χ0) is 13.9. The third-order valence-electron chi connectivity index (χ3n) is 4.20. The molecule has 0 aliphatic carbocycles. The Morgan fingerprint density at radius 2 is 1.90 bits per heavy atom. The Kier molecular flexibility index (Phi) is 3.83. The molecule has 2 heterocycles. The summed E-state index contributed by atoms with van der Waals surface area (Å²) in [7, 11) is 0. The van der Waals surface area contributed by atoms with E-state index in [1.54, 1.807) is 0 Å². The molecule has 106 valence electrons. The van der Waals surface area contributed by atoms with Gasteiger partial charge in [0.15, 0.2) is 0 Å². The van der Waals surface area contributed by atoms with Crippen molar-refractivity contribution in [3.05, 3.63) is 36.2 Å². The maximum Gasteiger partial charge on any atom is 0.244 e. The van der Waals surface area contributed by atoms with E-state index in [1.165, 1.54) is 12.8 Å². The van der Waals surface area contributed by atoms with Crippen LogP contribution in [0.1, 0.15) is 38.6 Å². The third-order valence-corrected chi connectivity index (χ3v) is 4.20. The van der Waals surface area contributed by atoms with E-state index in [9.17, 15) is 0 Å². The van der Waals surface area contributed by atoms with Gasteiger partial charge in [-0.05, 0) is 38.8 Å². The zero-order valence-electron chi connectivity index (χ0n) is 12.1. The van der Waals surface area contributed by atoms with Gasteiger partial charge < -0.3 is 4.52 Å². The Morgan fingerprint density at radius 1 is 1.20 bits per heavy atom. The fraction of sp³-hybridized carbons (Fsp3) is 0.500. The van der Waals surface area contributed by atoms with Crippen LogP contribution in [0.4, 0.5) is 0 Å². The van der Waals surface area contributed by atoms with Crippen molar-refractivity contribution in [2.45, 2.75) is 32.7 Å². The molecule has 20 heavy (non-hydrogen) atoms. The molecule has 1 aromatic carbocycles. The van der Waals surface area contributed by atoms with Gasteiger partial charge >= 0.3 is 0 Å². The lowest BCUT2D eigenvalue weighted by Gasteiger charge is -2.33. The van der Waals surface area contributed by atoms with Crippen molar-refractivity contribution in [3.63, 3.8) is 0 Å². The smallest absolute Gasteiger partial charge is 0.244 e. The van der Waals surface area contributed by atoms with Crippen molar-refractivity contribution in [2.24, 2.45) is 5.92 Å². The van der Waals surface area contributed by atoms with Gasteiger partial charge in [-0.3, -0.25) is 4.90 Å². The number of rotatable bonds is 3. The Balaban J connectivity index is 1.73. The van der Waals surface area contributed by atoms with Crippen LogP contribution >= 0.6 is 0 Å². The van der Waals surface area contributed by atoms with Crippen LogP contribution in [0.2, 0.25) is 0 Å². The molecule has 2 aromatic rings. The monoisotopic (exact) mass is 271 g/mol. The Bertz CT molecular complexity index is 544. The molecule has 0 bridgehead atoms. The van der Waals surface area contributed by atoms with Gasteiger partial charge in [-0.1, -0.05) is 42.4 Å². The summed E-state index contributed by atoms with van der Waals surface area (Å²) in [5.41, 5.74) is 1.00. The molecule has 1 aromatic heterocycles. The molecule has 0 N–H and O–H groups in total. The molecule has 0 saturated carbocycles. The second-order valence-electron chi connectivity index (χ2n) is 5.72. The minimum atomic E-state index is 0.201. The lowest BCUT2D eigenvalue weighted by molar-refractivity contribution is 0.124. The molecule has 1 atom stereocenters. The number of nitrogens with zero attached hydrogens (tertiary/aromatic N) is 3. The minimum Gasteiger partial charge on any atom is -0.337 e.